The smallest absolute Gasteiger partial charge is 0.290 e. The molecule has 0 saturated carbocycles. The predicted molar refractivity (Wildman–Crippen MR) is 61.4 cm³/mol. The van der Waals surface area contributed by atoms with E-state index in [1.165, 1.54) is 4.90 Å². The molecule has 0 aliphatic carbocycles. The third-order valence-corrected chi connectivity index (χ3v) is 3.20. The average Bonchev–Trinajstić information content (AvgIpc) is 1.99. The second-order valence-corrected chi connectivity index (χ2v) is 5.40. The van der Waals surface area contributed by atoms with Crippen molar-refractivity contribution in [2.24, 2.45) is 5.92 Å². The molecule has 0 aromatic carbocycles. The zero-order valence-corrected chi connectivity index (χ0v) is 11.2. The molecule has 0 heterocycles. The van der Waals surface area contributed by atoms with Gasteiger partial charge in [-0.15, -0.1) is 0 Å². The molecule has 0 aromatic rings. The Hall–Kier alpha value is -0.250. The van der Waals surface area contributed by atoms with Gasteiger partial charge in [0, 0.05) is 5.54 Å². The molecule has 0 fully saturated rings. The molecule has 0 spiro atoms. The van der Waals surface area contributed by atoms with Gasteiger partial charge in [-0.05, 0) is 33.2 Å². The van der Waals surface area contributed by atoms with Crippen LogP contribution in [0.3, 0.4) is 0 Å². The lowest BCUT2D eigenvalue weighted by Gasteiger charge is -2.43. The highest BCUT2D eigenvalue weighted by Crippen LogP contribution is 2.34. The van der Waals surface area contributed by atoms with Crippen LogP contribution in [0.4, 0.5) is 13.2 Å². The molecule has 0 bridgehead atoms. The standard InChI is InChI=1S/C12H24F3N/c1-7-8-11(4,5)16(6)10(9(2)3)12(13,14)15/h9-10H,7-8H2,1-6H3/t10-/m1/s1. The van der Waals surface area contributed by atoms with Crippen molar-refractivity contribution < 1.29 is 13.2 Å². The number of hydrogen-bond donors (Lipinski definition) is 0. The van der Waals surface area contributed by atoms with Gasteiger partial charge < -0.3 is 0 Å². The van der Waals surface area contributed by atoms with Crippen molar-refractivity contribution in [1.82, 2.24) is 4.90 Å². The number of hydrogen-bond acceptors (Lipinski definition) is 1. The molecule has 0 N–H and O–H groups in total. The molecule has 98 valence electrons. The summed E-state index contributed by atoms with van der Waals surface area (Å²) in [6.07, 6.45) is -2.50. The van der Waals surface area contributed by atoms with Gasteiger partial charge in [0.05, 0.1) is 0 Å². The van der Waals surface area contributed by atoms with Crippen LogP contribution in [-0.2, 0) is 0 Å². The van der Waals surface area contributed by atoms with Gasteiger partial charge in [-0.25, -0.2) is 0 Å². The van der Waals surface area contributed by atoms with E-state index in [0.717, 1.165) is 12.8 Å². The Bertz CT molecular complexity index is 209. The summed E-state index contributed by atoms with van der Waals surface area (Å²) in [6.45, 7) is 8.98. The van der Waals surface area contributed by atoms with E-state index in [1.807, 2.05) is 20.8 Å². The molecule has 0 aromatic heterocycles. The molecular formula is C12H24F3N. The molecule has 4 heteroatoms. The maximum Gasteiger partial charge on any atom is 0.404 e. The van der Waals surface area contributed by atoms with E-state index in [2.05, 4.69) is 0 Å². The summed E-state index contributed by atoms with van der Waals surface area (Å²) in [5, 5.41) is 0. The van der Waals surface area contributed by atoms with Gasteiger partial charge in [0.1, 0.15) is 6.04 Å². The van der Waals surface area contributed by atoms with Gasteiger partial charge in [0.25, 0.3) is 0 Å². The molecule has 0 radical (unpaired) electrons. The maximum atomic E-state index is 13.0. The Labute approximate surface area is 97.0 Å². The highest BCUT2D eigenvalue weighted by atomic mass is 19.4. The van der Waals surface area contributed by atoms with E-state index >= 15 is 0 Å². The molecule has 0 saturated heterocycles. The SMILES string of the molecule is CCCC(C)(C)N(C)[C@H](C(C)C)C(F)(F)F. The van der Waals surface area contributed by atoms with Crippen molar-refractivity contribution in [1.29, 1.82) is 0 Å². The fourth-order valence-corrected chi connectivity index (χ4v) is 2.21. The second kappa shape index (κ2) is 5.39. The highest BCUT2D eigenvalue weighted by molar-refractivity contribution is 4.89. The zero-order chi connectivity index (χ0) is 13.1. The van der Waals surface area contributed by atoms with Gasteiger partial charge in [0.15, 0.2) is 0 Å². The molecule has 0 amide bonds. The summed E-state index contributed by atoms with van der Waals surface area (Å²) in [6, 6.07) is -1.37. The molecule has 16 heavy (non-hydrogen) atoms. The van der Waals surface area contributed by atoms with Crippen molar-refractivity contribution in [3.63, 3.8) is 0 Å². The van der Waals surface area contributed by atoms with Gasteiger partial charge in [-0.2, -0.15) is 13.2 Å². The van der Waals surface area contributed by atoms with Gasteiger partial charge in [0.2, 0.25) is 0 Å². The summed E-state index contributed by atoms with van der Waals surface area (Å²) in [5.41, 5.74) is -0.417. The Morgan fingerprint density at radius 3 is 1.81 bits per heavy atom. The number of rotatable bonds is 5. The van der Waals surface area contributed by atoms with Crippen molar-refractivity contribution in [2.75, 3.05) is 7.05 Å². The van der Waals surface area contributed by atoms with Crippen LogP contribution in [0.5, 0.6) is 0 Å². The highest BCUT2D eigenvalue weighted by Gasteiger charge is 2.47. The van der Waals surface area contributed by atoms with E-state index in [4.69, 9.17) is 0 Å². The van der Waals surface area contributed by atoms with Crippen molar-refractivity contribution in [3.8, 4) is 0 Å². The number of nitrogens with zero attached hydrogens (tertiary/aromatic N) is 1. The van der Waals surface area contributed by atoms with Crippen LogP contribution in [0.1, 0.15) is 47.5 Å². The van der Waals surface area contributed by atoms with E-state index in [9.17, 15) is 13.2 Å². The minimum Gasteiger partial charge on any atom is -0.290 e. The third-order valence-electron chi connectivity index (χ3n) is 3.20. The van der Waals surface area contributed by atoms with Crippen molar-refractivity contribution in [2.45, 2.75) is 65.2 Å². The first kappa shape index (κ1) is 15.8. The van der Waals surface area contributed by atoms with Crippen molar-refractivity contribution >= 4 is 0 Å². The van der Waals surface area contributed by atoms with Crippen LogP contribution >= 0.6 is 0 Å². The molecule has 0 rings (SSSR count). The Balaban J connectivity index is 4.95. The van der Waals surface area contributed by atoms with Gasteiger partial charge >= 0.3 is 6.18 Å². The monoisotopic (exact) mass is 239 g/mol. The number of alkyl halides is 3. The van der Waals surface area contributed by atoms with E-state index in [1.54, 1.807) is 20.9 Å². The lowest BCUT2D eigenvalue weighted by molar-refractivity contribution is -0.204. The van der Waals surface area contributed by atoms with Crippen LogP contribution in [0.2, 0.25) is 0 Å². The fourth-order valence-electron chi connectivity index (χ4n) is 2.21. The van der Waals surface area contributed by atoms with Crippen molar-refractivity contribution in [3.05, 3.63) is 0 Å². The van der Waals surface area contributed by atoms with Crippen LogP contribution in [0.15, 0.2) is 0 Å². The van der Waals surface area contributed by atoms with Crippen LogP contribution in [-0.4, -0.2) is 29.7 Å². The Morgan fingerprint density at radius 2 is 1.56 bits per heavy atom. The minimum absolute atomic E-state index is 0.417. The second-order valence-electron chi connectivity index (χ2n) is 5.40. The molecule has 1 nitrogen and oxygen atoms in total. The Morgan fingerprint density at radius 1 is 1.12 bits per heavy atom. The lowest BCUT2D eigenvalue weighted by Crippen LogP contribution is -2.55. The van der Waals surface area contributed by atoms with Crippen LogP contribution < -0.4 is 0 Å². The first-order chi connectivity index (χ1) is 7.04. The summed E-state index contributed by atoms with van der Waals surface area (Å²) in [7, 11) is 1.58. The third kappa shape index (κ3) is 3.96. The molecule has 1 atom stereocenters. The maximum absolute atomic E-state index is 13.0. The molecule has 0 unspecified atom stereocenters. The topological polar surface area (TPSA) is 3.24 Å². The normalized spacial score (nSPS) is 15.9. The van der Waals surface area contributed by atoms with Gasteiger partial charge in [-0.1, -0.05) is 27.2 Å². The average molecular weight is 239 g/mol. The largest absolute Gasteiger partial charge is 0.404 e. The Kier molecular flexibility index (Phi) is 5.30. The van der Waals surface area contributed by atoms with Crippen LogP contribution in [0.25, 0.3) is 0 Å². The summed E-state index contributed by atoms with van der Waals surface area (Å²) >= 11 is 0. The van der Waals surface area contributed by atoms with E-state index in [-0.39, 0.29) is 0 Å². The zero-order valence-electron chi connectivity index (χ0n) is 11.2. The quantitative estimate of drug-likeness (QED) is 0.698. The first-order valence-electron chi connectivity index (χ1n) is 5.83. The summed E-state index contributed by atoms with van der Waals surface area (Å²) in [4.78, 5) is 1.47. The number of halogens is 3. The lowest BCUT2D eigenvalue weighted by atomic mass is 9.91. The first-order valence-corrected chi connectivity index (χ1v) is 5.83. The summed E-state index contributed by atoms with van der Waals surface area (Å²) < 4.78 is 38.9. The minimum atomic E-state index is -4.16. The molecule has 0 aliphatic heterocycles. The molecule has 0 aliphatic rings. The fraction of sp³-hybridized carbons (Fsp3) is 1.00. The van der Waals surface area contributed by atoms with E-state index < -0.39 is 23.7 Å². The van der Waals surface area contributed by atoms with Gasteiger partial charge in [-0.3, -0.25) is 4.90 Å². The molecular weight excluding hydrogens is 215 g/mol. The van der Waals surface area contributed by atoms with E-state index in [0.29, 0.717) is 0 Å². The predicted octanol–water partition coefficient (Wildman–Crippen LogP) is 4.08. The summed E-state index contributed by atoms with van der Waals surface area (Å²) in [5.74, 6) is -0.430. The van der Waals surface area contributed by atoms with Crippen LogP contribution in [0, 0.1) is 5.92 Å².